The predicted octanol–water partition coefficient (Wildman–Crippen LogP) is 1.64. The summed E-state index contributed by atoms with van der Waals surface area (Å²) in [6, 6.07) is 1.49. The van der Waals surface area contributed by atoms with E-state index in [1.54, 1.807) is 0 Å². The fraction of sp³-hybridized carbons (Fsp3) is 0. The number of thiazole rings is 1. The quantitative estimate of drug-likeness (QED) is 0.845. The van der Waals surface area contributed by atoms with Gasteiger partial charge in [-0.05, 0) is 12.1 Å². The molecule has 4 nitrogen and oxygen atoms in total. The van der Waals surface area contributed by atoms with Crippen LogP contribution in [0.4, 0.5) is 14.5 Å². The lowest BCUT2D eigenvalue weighted by Gasteiger charge is -2.05. The lowest BCUT2D eigenvalue weighted by Crippen LogP contribution is -2.08. The maximum atomic E-state index is 13.5. The molecular weight excluding hydrogens is 270 g/mol. The van der Waals surface area contributed by atoms with E-state index in [-0.39, 0.29) is 5.69 Å². The molecule has 0 fully saturated rings. The van der Waals surface area contributed by atoms with Crippen LogP contribution in [0.5, 0.6) is 0 Å². The van der Waals surface area contributed by atoms with Crippen LogP contribution < -0.4 is 5.73 Å². The molecule has 0 saturated heterocycles. The number of sulfone groups is 1. The number of hydrogen-bond acceptors (Lipinski definition) is 5. The summed E-state index contributed by atoms with van der Waals surface area (Å²) < 4.78 is 50.2. The summed E-state index contributed by atoms with van der Waals surface area (Å²) in [5.41, 5.74) is 5.01. The molecule has 2 aromatic rings. The molecule has 89 valence electrons. The zero-order chi connectivity index (χ0) is 12.6. The highest BCUT2D eigenvalue weighted by atomic mass is 32.2. The molecule has 0 aliphatic carbocycles. The van der Waals surface area contributed by atoms with E-state index in [9.17, 15) is 17.2 Å². The average molecular weight is 275 g/mol. The molecule has 8 heteroatoms. The van der Waals surface area contributed by atoms with Gasteiger partial charge < -0.3 is 5.73 Å². The largest absolute Gasteiger partial charge is 0.399 e. The number of nitrogens with two attached hydrogens (primary N) is 1. The molecule has 17 heavy (non-hydrogen) atoms. The lowest BCUT2D eigenvalue weighted by molar-refractivity contribution is 0.520. The van der Waals surface area contributed by atoms with Gasteiger partial charge in [0.05, 0.1) is 0 Å². The van der Waals surface area contributed by atoms with Crippen LogP contribution in [0.25, 0.3) is 0 Å². The zero-order valence-corrected chi connectivity index (χ0v) is 9.78. The van der Waals surface area contributed by atoms with Gasteiger partial charge in [0.15, 0.2) is 0 Å². The molecule has 0 atom stereocenters. The highest BCUT2D eigenvalue weighted by Gasteiger charge is 2.28. The van der Waals surface area contributed by atoms with E-state index in [2.05, 4.69) is 11.2 Å². The first-order valence-corrected chi connectivity index (χ1v) is 6.60. The van der Waals surface area contributed by atoms with E-state index >= 15 is 0 Å². The Morgan fingerprint density at radius 3 is 2.35 bits per heavy atom. The van der Waals surface area contributed by atoms with Crippen LogP contribution >= 0.6 is 11.3 Å². The van der Waals surface area contributed by atoms with E-state index < -0.39 is 30.7 Å². The van der Waals surface area contributed by atoms with Crippen LogP contribution in [0.3, 0.4) is 0 Å². The number of benzene rings is 1. The molecule has 0 amide bonds. The number of hydrogen-bond donors (Lipinski definition) is 1. The second-order valence-electron chi connectivity index (χ2n) is 3.06. The Morgan fingerprint density at radius 2 is 1.88 bits per heavy atom. The topological polar surface area (TPSA) is 73.1 Å². The van der Waals surface area contributed by atoms with E-state index in [0.29, 0.717) is 0 Å². The Balaban J connectivity index is 2.71. The monoisotopic (exact) mass is 275 g/mol. The Hall–Kier alpha value is -1.54. The van der Waals surface area contributed by atoms with Gasteiger partial charge in [-0.1, -0.05) is 0 Å². The SMILES string of the molecule is Nc1cc(F)c(S(=O)(=O)c2n[c]cs2)c(F)c1. The Labute approximate surface area is 99.6 Å². The van der Waals surface area contributed by atoms with Gasteiger partial charge in [0.2, 0.25) is 14.2 Å². The first kappa shape index (κ1) is 11.9. The van der Waals surface area contributed by atoms with E-state index in [0.717, 1.165) is 23.5 Å². The molecule has 0 aliphatic heterocycles. The molecule has 1 radical (unpaired) electrons. The number of anilines is 1. The van der Waals surface area contributed by atoms with Gasteiger partial charge in [0.25, 0.3) is 0 Å². The molecule has 0 aliphatic rings. The summed E-state index contributed by atoms with van der Waals surface area (Å²) in [6.07, 6.45) is 2.28. The second-order valence-corrected chi connectivity index (χ2v) is 5.98. The minimum absolute atomic E-state index is 0.190. The van der Waals surface area contributed by atoms with Crippen molar-refractivity contribution < 1.29 is 17.2 Å². The predicted molar refractivity (Wildman–Crippen MR) is 57.2 cm³/mol. The fourth-order valence-electron chi connectivity index (χ4n) is 1.23. The van der Waals surface area contributed by atoms with Crippen LogP contribution in [-0.4, -0.2) is 13.4 Å². The zero-order valence-electron chi connectivity index (χ0n) is 8.15. The summed E-state index contributed by atoms with van der Waals surface area (Å²) >= 11 is 0.727. The number of nitrogens with zero attached hydrogens (tertiary/aromatic N) is 1. The van der Waals surface area contributed by atoms with Crippen molar-refractivity contribution in [2.45, 2.75) is 9.24 Å². The second kappa shape index (κ2) is 4.04. The third-order valence-electron chi connectivity index (χ3n) is 1.89. The molecule has 1 heterocycles. The van der Waals surface area contributed by atoms with Crippen molar-refractivity contribution in [3.8, 4) is 0 Å². The fourth-order valence-corrected chi connectivity index (χ4v) is 3.42. The maximum Gasteiger partial charge on any atom is 0.239 e. The standard InChI is InChI=1S/C9H5F2N2O2S2/c10-6-3-5(12)4-7(11)8(6)17(14,15)9-13-1-2-16-9/h2-4H,12H2. The van der Waals surface area contributed by atoms with Crippen molar-refractivity contribution >= 4 is 26.9 Å². The van der Waals surface area contributed by atoms with Gasteiger partial charge in [-0.25, -0.2) is 22.2 Å². The van der Waals surface area contributed by atoms with Gasteiger partial charge in [0.1, 0.15) is 22.7 Å². The summed E-state index contributed by atoms with van der Waals surface area (Å²) in [5.74, 6) is -2.48. The van der Waals surface area contributed by atoms with Crippen LogP contribution in [0.1, 0.15) is 0 Å². The third-order valence-corrected chi connectivity index (χ3v) is 4.83. The molecule has 2 rings (SSSR count). The first-order valence-electron chi connectivity index (χ1n) is 4.24. The molecule has 0 unspecified atom stereocenters. The van der Waals surface area contributed by atoms with Crippen molar-refractivity contribution in [2.24, 2.45) is 0 Å². The minimum Gasteiger partial charge on any atom is -0.399 e. The summed E-state index contributed by atoms with van der Waals surface area (Å²) in [5, 5.41) is 1.28. The molecule has 1 aromatic carbocycles. The summed E-state index contributed by atoms with van der Waals surface area (Å²) in [7, 11) is -4.30. The average Bonchev–Trinajstić information content (AvgIpc) is 2.67. The summed E-state index contributed by atoms with van der Waals surface area (Å²) in [6.45, 7) is 0. The smallest absolute Gasteiger partial charge is 0.239 e. The molecule has 1 aromatic heterocycles. The van der Waals surface area contributed by atoms with Crippen LogP contribution in [-0.2, 0) is 9.84 Å². The minimum atomic E-state index is -4.30. The van der Waals surface area contributed by atoms with Crippen LogP contribution in [0.2, 0.25) is 0 Å². The van der Waals surface area contributed by atoms with Gasteiger partial charge in [-0.2, -0.15) is 0 Å². The number of aromatic nitrogens is 1. The Morgan fingerprint density at radius 1 is 1.29 bits per heavy atom. The van der Waals surface area contributed by atoms with Crippen molar-refractivity contribution in [1.29, 1.82) is 0 Å². The Kier molecular flexibility index (Phi) is 2.84. The van der Waals surface area contributed by atoms with Crippen molar-refractivity contribution in [3.63, 3.8) is 0 Å². The third kappa shape index (κ3) is 2.01. The summed E-state index contributed by atoms with van der Waals surface area (Å²) in [4.78, 5) is 2.36. The Bertz CT molecular complexity index is 631. The number of halogens is 2. The van der Waals surface area contributed by atoms with Gasteiger partial charge in [0, 0.05) is 11.1 Å². The van der Waals surface area contributed by atoms with E-state index in [1.165, 1.54) is 5.38 Å². The van der Waals surface area contributed by atoms with Gasteiger partial charge in [-0.3, -0.25) is 0 Å². The van der Waals surface area contributed by atoms with Crippen molar-refractivity contribution in [1.82, 2.24) is 4.98 Å². The number of rotatable bonds is 2. The van der Waals surface area contributed by atoms with Crippen molar-refractivity contribution in [3.05, 3.63) is 35.3 Å². The highest BCUT2D eigenvalue weighted by molar-refractivity contribution is 7.93. The van der Waals surface area contributed by atoms with E-state index in [1.807, 2.05) is 0 Å². The van der Waals surface area contributed by atoms with Crippen LogP contribution in [0.15, 0.2) is 26.7 Å². The maximum absolute atomic E-state index is 13.5. The molecule has 0 spiro atoms. The van der Waals surface area contributed by atoms with Gasteiger partial charge in [-0.15, -0.1) is 11.3 Å². The molecule has 0 bridgehead atoms. The number of nitrogen functional groups attached to an aromatic ring is 1. The van der Waals surface area contributed by atoms with Crippen molar-refractivity contribution in [2.75, 3.05) is 5.73 Å². The van der Waals surface area contributed by atoms with E-state index in [4.69, 9.17) is 5.73 Å². The molecular formula is C9H5F2N2O2S2. The highest BCUT2D eigenvalue weighted by Crippen LogP contribution is 2.28. The molecule has 0 saturated carbocycles. The molecule has 2 N–H and O–H groups in total. The van der Waals surface area contributed by atoms with Crippen LogP contribution in [0, 0.1) is 17.8 Å². The normalized spacial score (nSPS) is 11.6. The van der Waals surface area contributed by atoms with Gasteiger partial charge >= 0.3 is 0 Å². The first-order chi connectivity index (χ1) is 7.93. The lowest BCUT2D eigenvalue weighted by atomic mass is 10.3.